The third-order valence-corrected chi connectivity index (χ3v) is 2.31. The van der Waals surface area contributed by atoms with Gasteiger partial charge in [0.2, 0.25) is 0 Å². The summed E-state index contributed by atoms with van der Waals surface area (Å²) in [4.78, 5) is 8.21. The monoisotopic (exact) mass is 219 g/mol. The second kappa shape index (κ2) is 4.38. The largest absolute Gasteiger partial charge is 0.318 e. The maximum absolute atomic E-state index is 6.00. The van der Waals surface area contributed by atoms with Crippen LogP contribution in [0.3, 0.4) is 0 Å². The molecule has 0 amide bonds. The summed E-state index contributed by atoms with van der Waals surface area (Å²) in [6.07, 6.45) is 3.35. The van der Waals surface area contributed by atoms with E-state index >= 15 is 0 Å². The number of nitrogens with two attached hydrogens (primary N) is 1. The molecule has 0 aliphatic carbocycles. The summed E-state index contributed by atoms with van der Waals surface area (Å²) in [5.41, 5.74) is 6.91. The lowest BCUT2D eigenvalue weighted by Crippen LogP contribution is -2.14. The van der Waals surface area contributed by atoms with Gasteiger partial charge in [0.15, 0.2) is 0 Å². The third-order valence-electron chi connectivity index (χ3n) is 2.07. The molecule has 4 heteroatoms. The Labute approximate surface area is 92.9 Å². The molecule has 1 heterocycles. The van der Waals surface area contributed by atoms with Crippen LogP contribution in [0.25, 0.3) is 0 Å². The molecule has 2 aromatic rings. The van der Waals surface area contributed by atoms with Gasteiger partial charge in [-0.05, 0) is 23.8 Å². The summed E-state index contributed by atoms with van der Waals surface area (Å²) in [6, 6.07) is 8.83. The molecule has 0 spiro atoms. The standard InChI is InChI=1S/C11H10ClN3/c12-9-4-1-3-8(7-9)10(13)11-14-5-2-6-15-11/h1-7,10H,13H2. The van der Waals surface area contributed by atoms with E-state index in [1.54, 1.807) is 18.5 Å². The minimum Gasteiger partial charge on any atom is -0.318 e. The predicted molar refractivity (Wildman–Crippen MR) is 59.5 cm³/mol. The van der Waals surface area contributed by atoms with Crippen LogP contribution in [0.15, 0.2) is 42.7 Å². The van der Waals surface area contributed by atoms with Gasteiger partial charge in [-0.3, -0.25) is 0 Å². The van der Waals surface area contributed by atoms with Crippen LogP contribution >= 0.6 is 11.6 Å². The first-order chi connectivity index (χ1) is 7.27. The highest BCUT2D eigenvalue weighted by atomic mass is 35.5. The number of hydrogen-bond donors (Lipinski definition) is 1. The molecule has 0 aliphatic rings. The fourth-order valence-corrected chi connectivity index (χ4v) is 1.52. The van der Waals surface area contributed by atoms with Crippen LogP contribution in [-0.4, -0.2) is 9.97 Å². The highest BCUT2D eigenvalue weighted by Gasteiger charge is 2.10. The van der Waals surface area contributed by atoms with Crippen molar-refractivity contribution >= 4 is 11.6 Å². The van der Waals surface area contributed by atoms with E-state index in [1.807, 2.05) is 24.3 Å². The van der Waals surface area contributed by atoms with Gasteiger partial charge in [0.25, 0.3) is 0 Å². The molecule has 0 saturated heterocycles. The highest BCUT2D eigenvalue weighted by Crippen LogP contribution is 2.19. The molecule has 15 heavy (non-hydrogen) atoms. The van der Waals surface area contributed by atoms with Crippen LogP contribution in [0.1, 0.15) is 17.4 Å². The zero-order chi connectivity index (χ0) is 10.7. The quantitative estimate of drug-likeness (QED) is 0.842. The van der Waals surface area contributed by atoms with Crippen molar-refractivity contribution in [3.63, 3.8) is 0 Å². The fraction of sp³-hybridized carbons (Fsp3) is 0.0909. The van der Waals surface area contributed by atoms with Crippen molar-refractivity contribution in [3.8, 4) is 0 Å². The maximum Gasteiger partial charge on any atom is 0.149 e. The fourth-order valence-electron chi connectivity index (χ4n) is 1.32. The van der Waals surface area contributed by atoms with Crippen LogP contribution in [0.4, 0.5) is 0 Å². The van der Waals surface area contributed by atoms with Crippen LogP contribution in [0, 0.1) is 0 Å². The Hall–Kier alpha value is -1.45. The van der Waals surface area contributed by atoms with E-state index in [4.69, 9.17) is 17.3 Å². The molecular formula is C11H10ClN3. The average Bonchev–Trinajstić information content (AvgIpc) is 2.29. The summed E-state index contributed by atoms with van der Waals surface area (Å²) in [7, 11) is 0. The van der Waals surface area contributed by atoms with Gasteiger partial charge in [-0.25, -0.2) is 9.97 Å². The lowest BCUT2D eigenvalue weighted by Gasteiger charge is -2.09. The first kappa shape index (κ1) is 10.1. The number of benzene rings is 1. The lowest BCUT2D eigenvalue weighted by atomic mass is 10.1. The highest BCUT2D eigenvalue weighted by molar-refractivity contribution is 6.30. The predicted octanol–water partition coefficient (Wildman–Crippen LogP) is 2.18. The second-order valence-electron chi connectivity index (χ2n) is 3.14. The summed E-state index contributed by atoms with van der Waals surface area (Å²) in [5.74, 6) is 0.597. The van der Waals surface area contributed by atoms with Gasteiger partial charge < -0.3 is 5.73 Å². The normalized spacial score (nSPS) is 12.4. The van der Waals surface area contributed by atoms with E-state index in [9.17, 15) is 0 Å². The molecule has 3 nitrogen and oxygen atoms in total. The Morgan fingerprint density at radius 3 is 2.53 bits per heavy atom. The van der Waals surface area contributed by atoms with Gasteiger partial charge in [-0.15, -0.1) is 0 Å². The van der Waals surface area contributed by atoms with Crippen molar-refractivity contribution in [1.82, 2.24) is 9.97 Å². The Bertz CT molecular complexity index is 445. The van der Waals surface area contributed by atoms with Crippen molar-refractivity contribution in [2.75, 3.05) is 0 Å². The van der Waals surface area contributed by atoms with Crippen LogP contribution in [0.5, 0.6) is 0 Å². The smallest absolute Gasteiger partial charge is 0.149 e. The minimum absolute atomic E-state index is 0.329. The number of hydrogen-bond acceptors (Lipinski definition) is 3. The molecule has 0 radical (unpaired) electrons. The average molecular weight is 220 g/mol. The second-order valence-corrected chi connectivity index (χ2v) is 3.58. The van der Waals surface area contributed by atoms with E-state index in [0.29, 0.717) is 10.8 Å². The molecule has 2 rings (SSSR count). The maximum atomic E-state index is 6.00. The van der Waals surface area contributed by atoms with E-state index in [1.165, 1.54) is 0 Å². The van der Waals surface area contributed by atoms with Gasteiger partial charge in [0.05, 0.1) is 6.04 Å². The summed E-state index contributed by atoms with van der Waals surface area (Å²) in [6.45, 7) is 0. The van der Waals surface area contributed by atoms with E-state index in [2.05, 4.69) is 9.97 Å². The lowest BCUT2D eigenvalue weighted by molar-refractivity contribution is 0.780. The zero-order valence-corrected chi connectivity index (χ0v) is 8.72. The molecule has 0 aliphatic heterocycles. The number of halogens is 1. The topological polar surface area (TPSA) is 51.8 Å². The third kappa shape index (κ3) is 2.32. The number of aromatic nitrogens is 2. The summed E-state index contributed by atoms with van der Waals surface area (Å²) >= 11 is 5.88. The molecular weight excluding hydrogens is 210 g/mol. The van der Waals surface area contributed by atoms with Crippen molar-refractivity contribution in [3.05, 3.63) is 59.1 Å². The van der Waals surface area contributed by atoms with Crippen molar-refractivity contribution < 1.29 is 0 Å². The van der Waals surface area contributed by atoms with Crippen molar-refractivity contribution in [2.24, 2.45) is 5.73 Å². The molecule has 1 aromatic heterocycles. The molecule has 0 bridgehead atoms. The summed E-state index contributed by atoms with van der Waals surface area (Å²) < 4.78 is 0. The first-order valence-electron chi connectivity index (χ1n) is 4.55. The van der Waals surface area contributed by atoms with Crippen LogP contribution < -0.4 is 5.73 Å². The van der Waals surface area contributed by atoms with Crippen molar-refractivity contribution in [2.45, 2.75) is 6.04 Å². The van der Waals surface area contributed by atoms with Gasteiger partial charge in [-0.2, -0.15) is 0 Å². The minimum atomic E-state index is -0.329. The Morgan fingerprint density at radius 2 is 1.87 bits per heavy atom. The van der Waals surface area contributed by atoms with Crippen LogP contribution in [-0.2, 0) is 0 Å². The van der Waals surface area contributed by atoms with Gasteiger partial charge in [0.1, 0.15) is 5.82 Å². The molecule has 1 atom stereocenters. The van der Waals surface area contributed by atoms with Crippen molar-refractivity contribution in [1.29, 1.82) is 0 Å². The van der Waals surface area contributed by atoms with Gasteiger partial charge in [-0.1, -0.05) is 23.7 Å². The molecule has 1 unspecified atom stereocenters. The van der Waals surface area contributed by atoms with Gasteiger partial charge in [0, 0.05) is 17.4 Å². The Balaban J connectivity index is 2.32. The first-order valence-corrected chi connectivity index (χ1v) is 4.93. The molecule has 76 valence electrons. The summed E-state index contributed by atoms with van der Waals surface area (Å²) in [5, 5.41) is 0.666. The molecule has 0 fully saturated rings. The molecule has 2 N–H and O–H groups in total. The SMILES string of the molecule is NC(c1cccc(Cl)c1)c1ncccn1. The van der Waals surface area contributed by atoms with E-state index in [-0.39, 0.29) is 6.04 Å². The Morgan fingerprint density at radius 1 is 1.13 bits per heavy atom. The molecule has 1 aromatic carbocycles. The van der Waals surface area contributed by atoms with Crippen LogP contribution in [0.2, 0.25) is 5.02 Å². The zero-order valence-electron chi connectivity index (χ0n) is 7.97. The Kier molecular flexibility index (Phi) is 2.94. The number of rotatable bonds is 2. The molecule has 0 saturated carbocycles. The van der Waals surface area contributed by atoms with Gasteiger partial charge >= 0.3 is 0 Å². The van der Waals surface area contributed by atoms with E-state index in [0.717, 1.165) is 5.56 Å². The van der Waals surface area contributed by atoms with E-state index < -0.39 is 0 Å². The number of nitrogens with zero attached hydrogens (tertiary/aromatic N) is 2.